The standard InChI is InChI=1S/C12H11BrFN/c1-3-7-12(2,8-15)11-9(13)5-4-6-10(11)14/h3-6H,1,7H2,2H3. The molecule has 0 spiro atoms. The van der Waals surface area contributed by atoms with Crippen LogP contribution < -0.4 is 0 Å². The van der Waals surface area contributed by atoms with Gasteiger partial charge in [0.15, 0.2) is 0 Å². The summed E-state index contributed by atoms with van der Waals surface area (Å²) < 4.78 is 14.3. The fourth-order valence-electron chi connectivity index (χ4n) is 1.52. The van der Waals surface area contributed by atoms with Crippen molar-refractivity contribution in [3.63, 3.8) is 0 Å². The Bertz CT molecular complexity index is 402. The third-order valence-electron chi connectivity index (χ3n) is 2.31. The number of allylic oxidation sites excluding steroid dienone is 1. The molecule has 0 N–H and O–H groups in total. The van der Waals surface area contributed by atoms with Gasteiger partial charge in [-0.15, -0.1) is 6.58 Å². The summed E-state index contributed by atoms with van der Waals surface area (Å²) >= 11 is 3.27. The average molecular weight is 268 g/mol. The van der Waals surface area contributed by atoms with Gasteiger partial charge in [0.05, 0.1) is 11.5 Å². The zero-order valence-corrected chi connectivity index (χ0v) is 10.0. The molecule has 0 bridgehead atoms. The van der Waals surface area contributed by atoms with E-state index in [1.54, 1.807) is 25.1 Å². The van der Waals surface area contributed by atoms with Gasteiger partial charge in [0.1, 0.15) is 5.82 Å². The first-order chi connectivity index (χ1) is 7.05. The molecule has 1 rings (SSSR count). The van der Waals surface area contributed by atoms with Crippen LogP contribution in [0.5, 0.6) is 0 Å². The van der Waals surface area contributed by atoms with Crippen molar-refractivity contribution in [1.82, 2.24) is 0 Å². The van der Waals surface area contributed by atoms with E-state index in [9.17, 15) is 4.39 Å². The Morgan fingerprint density at radius 1 is 1.67 bits per heavy atom. The van der Waals surface area contributed by atoms with Gasteiger partial charge in [-0.1, -0.05) is 28.1 Å². The van der Waals surface area contributed by atoms with E-state index in [-0.39, 0.29) is 5.82 Å². The number of benzene rings is 1. The normalized spacial score (nSPS) is 14.0. The van der Waals surface area contributed by atoms with Crippen LogP contribution in [-0.2, 0) is 5.41 Å². The molecule has 0 saturated carbocycles. The number of hydrogen-bond donors (Lipinski definition) is 0. The predicted octanol–water partition coefficient (Wildman–Crippen LogP) is 3.95. The predicted molar refractivity (Wildman–Crippen MR) is 61.9 cm³/mol. The van der Waals surface area contributed by atoms with E-state index >= 15 is 0 Å². The molecule has 1 atom stereocenters. The van der Waals surface area contributed by atoms with Crippen LogP contribution in [0.4, 0.5) is 4.39 Å². The first kappa shape index (κ1) is 11.9. The van der Waals surface area contributed by atoms with Crippen molar-refractivity contribution >= 4 is 15.9 Å². The van der Waals surface area contributed by atoms with Crippen LogP contribution in [0.2, 0.25) is 0 Å². The van der Waals surface area contributed by atoms with Crippen LogP contribution in [0, 0.1) is 17.1 Å². The number of rotatable bonds is 3. The van der Waals surface area contributed by atoms with Crippen LogP contribution in [0.3, 0.4) is 0 Å². The van der Waals surface area contributed by atoms with Crippen molar-refractivity contribution in [3.05, 3.63) is 46.7 Å². The van der Waals surface area contributed by atoms with Crippen molar-refractivity contribution in [2.24, 2.45) is 0 Å². The Labute approximate surface area is 97.4 Å². The minimum absolute atomic E-state index is 0.365. The quantitative estimate of drug-likeness (QED) is 0.761. The number of nitriles is 1. The van der Waals surface area contributed by atoms with Gasteiger partial charge in [-0.2, -0.15) is 5.26 Å². The smallest absolute Gasteiger partial charge is 0.129 e. The maximum absolute atomic E-state index is 13.6. The van der Waals surface area contributed by atoms with Crippen LogP contribution in [-0.4, -0.2) is 0 Å². The summed E-state index contributed by atoms with van der Waals surface area (Å²) in [6.07, 6.45) is 2.05. The van der Waals surface area contributed by atoms with Crippen molar-refractivity contribution in [3.8, 4) is 6.07 Å². The van der Waals surface area contributed by atoms with Gasteiger partial charge in [-0.3, -0.25) is 0 Å². The summed E-state index contributed by atoms with van der Waals surface area (Å²) in [5.41, 5.74) is -0.473. The van der Waals surface area contributed by atoms with E-state index in [4.69, 9.17) is 5.26 Å². The molecule has 0 aliphatic rings. The molecule has 0 aliphatic carbocycles. The largest absolute Gasteiger partial charge is 0.207 e. The Morgan fingerprint density at radius 3 is 2.80 bits per heavy atom. The van der Waals surface area contributed by atoms with E-state index in [0.29, 0.717) is 16.5 Å². The van der Waals surface area contributed by atoms with E-state index < -0.39 is 5.41 Å². The van der Waals surface area contributed by atoms with E-state index in [1.165, 1.54) is 6.07 Å². The highest BCUT2D eigenvalue weighted by atomic mass is 79.9. The minimum atomic E-state index is -0.869. The topological polar surface area (TPSA) is 23.8 Å². The van der Waals surface area contributed by atoms with Crippen LogP contribution >= 0.6 is 15.9 Å². The molecule has 1 aromatic rings. The summed E-state index contributed by atoms with van der Waals surface area (Å²) in [5, 5.41) is 9.13. The van der Waals surface area contributed by atoms with Gasteiger partial charge in [0.25, 0.3) is 0 Å². The molecule has 0 aromatic heterocycles. The lowest BCUT2D eigenvalue weighted by Gasteiger charge is -2.22. The molecule has 0 radical (unpaired) electrons. The second-order valence-corrected chi connectivity index (χ2v) is 4.39. The van der Waals surface area contributed by atoms with Crippen LogP contribution in [0.15, 0.2) is 35.3 Å². The second kappa shape index (κ2) is 4.59. The molecule has 0 amide bonds. The third kappa shape index (κ3) is 2.27. The van der Waals surface area contributed by atoms with Gasteiger partial charge in [-0.25, -0.2) is 4.39 Å². The lowest BCUT2D eigenvalue weighted by atomic mass is 9.81. The van der Waals surface area contributed by atoms with Crippen molar-refractivity contribution < 1.29 is 4.39 Å². The molecule has 0 saturated heterocycles. The van der Waals surface area contributed by atoms with Crippen LogP contribution in [0.25, 0.3) is 0 Å². The maximum Gasteiger partial charge on any atom is 0.129 e. The summed E-state index contributed by atoms with van der Waals surface area (Å²) in [5.74, 6) is -0.365. The summed E-state index contributed by atoms with van der Waals surface area (Å²) in [6, 6.07) is 6.83. The Kier molecular flexibility index (Phi) is 3.65. The third-order valence-corrected chi connectivity index (χ3v) is 2.97. The van der Waals surface area contributed by atoms with E-state index in [1.807, 2.05) is 0 Å². The molecule has 1 nitrogen and oxygen atoms in total. The monoisotopic (exact) mass is 267 g/mol. The molecule has 0 heterocycles. The second-order valence-electron chi connectivity index (χ2n) is 3.53. The SMILES string of the molecule is C=CCC(C)(C#N)c1c(F)cccc1Br. The number of hydrogen-bond acceptors (Lipinski definition) is 1. The first-order valence-electron chi connectivity index (χ1n) is 4.52. The molecule has 78 valence electrons. The summed E-state index contributed by atoms with van der Waals surface area (Å²) in [7, 11) is 0. The Hall–Kier alpha value is -1.14. The summed E-state index contributed by atoms with van der Waals surface area (Å²) in [4.78, 5) is 0. The van der Waals surface area contributed by atoms with Crippen molar-refractivity contribution in [1.29, 1.82) is 5.26 Å². The number of nitrogens with zero attached hydrogens (tertiary/aromatic N) is 1. The van der Waals surface area contributed by atoms with E-state index in [2.05, 4.69) is 28.6 Å². The van der Waals surface area contributed by atoms with Gasteiger partial charge in [0, 0.05) is 10.0 Å². The molecular formula is C12H11BrFN. The highest BCUT2D eigenvalue weighted by Crippen LogP contribution is 2.34. The summed E-state index contributed by atoms with van der Waals surface area (Å²) in [6.45, 7) is 5.30. The molecule has 3 heteroatoms. The van der Waals surface area contributed by atoms with Gasteiger partial charge in [-0.05, 0) is 25.5 Å². The highest BCUT2D eigenvalue weighted by molar-refractivity contribution is 9.10. The highest BCUT2D eigenvalue weighted by Gasteiger charge is 2.30. The van der Waals surface area contributed by atoms with E-state index in [0.717, 1.165) is 0 Å². The zero-order valence-electron chi connectivity index (χ0n) is 8.43. The lowest BCUT2D eigenvalue weighted by molar-refractivity contribution is 0.538. The fourth-order valence-corrected chi connectivity index (χ4v) is 2.30. The first-order valence-corrected chi connectivity index (χ1v) is 5.31. The lowest BCUT2D eigenvalue weighted by Crippen LogP contribution is -2.21. The maximum atomic E-state index is 13.6. The van der Waals surface area contributed by atoms with Crippen molar-refractivity contribution in [2.75, 3.05) is 0 Å². The Morgan fingerprint density at radius 2 is 2.33 bits per heavy atom. The molecule has 0 aliphatic heterocycles. The number of halogens is 2. The molecule has 0 fully saturated rings. The molecule has 1 aromatic carbocycles. The minimum Gasteiger partial charge on any atom is -0.207 e. The van der Waals surface area contributed by atoms with Crippen molar-refractivity contribution in [2.45, 2.75) is 18.8 Å². The van der Waals surface area contributed by atoms with Gasteiger partial charge < -0.3 is 0 Å². The average Bonchev–Trinajstić information content (AvgIpc) is 2.18. The molecule has 15 heavy (non-hydrogen) atoms. The molecular weight excluding hydrogens is 257 g/mol. The zero-order chi connectivity index (χ0) is 11.5. The van der Waals surface area contributed by atoms with Gasteiger partial charge >= 0.3 is 0 Å². The Balaban J connectivity index is 3.36. The molecule has 1 unspecified atom stereocenters. The van der Waals surface area contributed by atoms with Crippen LogP contribution in [0.1, 0.15) is 18.9 Å². The van der Waals surface area contributed by atoms with Gasteiger partial charge in [0.2, 0.25) is 0 Å². The fraction of sp³-hybridized carbons (Fsp3) is 0.250.